The van der Waals surface area contributed by atoms with Crippen molar-refractivity contribution in [2.75, 3.05) is 39.2 Å². The number of amides is 1. The zero-order chi connectivity index (χ0) is 51.3. The first-order valence-electron chi connectivity index (χ1n) is 25.6. The van der Waals surface area contributed by atoms with Crippen LogP contribution >= 0.6 is 21.6 Å². The van der Waals surface area contributed by atoms with Gasteiger partial charge in [0.25, 0.3) is 0 Å². The Morgan fingerprint density at radius 2 is 1.92 bits per heavy atom. The maximum absolute atomic E-state index is 15.1. The van der Waals surface area contributed by atoms with Crippen molar-refractivity contribution < 1.29 is 48.7 Å². The molecule has 12 atom stereocenters. The summed E-state index contributed by atoms with van der Waals surface area (Å²) in [6.07, 6.45) is 10.9. The highest BCUT2D eigenvalue weighted by Crippen LogP contribution is 2.60. The van der Waals surface area contributed by atoms with E-state index >= 15 is 4.79 Å². The molecule has 1 amide bonds. The summed E-state index contributed by atoms with van der Waals surface area (Å²) in [5.74, 6) is -1.45. The minimum Gasteiger partial charge on any atom is -0.481 e. The topological polar surface area (TPSA) is 234 Å². The molecule has 15 nitrogen and oxygen atoms in total. The molecule has 0 radical (unpaired) electrons. The van der Waals surface area contributed by atoms with Gasteiger partial charge in [-0.25, -0.2) is 9.59 Å². The van der Waals surface area contributed by atoms with Crippen LogP contribution in [0.5, 0.6) is 5.75 Å². The minimum atomic E-state index is -1.61. The summed E-state index contributed by atoms with van der Waals surface area (Å²) in [5, 5.41) is 50.1. The van der Waals surface area contributed by atoms with Gasteiger partial charge in [-0.2, -0.15) is 0 Å². The molecule has 5 heterocycles. The predicted octanol–water partition coefficient (Wildman–Crippen LogP) is 4.59. The molecule has 3 aromatic rings. The lowest BCUT2D eigenvalue weighted by Gasteiger charge is -2.62. The Bertz CT molecular complexity index is 2880. The van der Waals surface area contributed by atoms with Crippen LogP contribution in [0.15, 0.2) is 116 Å². The highest BCUT2D eigenvalue weighted by Gasteiger charge is 2.68. The maximum Gasteiger partial charge on any atom is 0.339 e. The average Bonchev–Trinajstić information content (AvgIpc) is 3.74. The number of esters is 1. The summed E-state index contributed by atoms with van der Waals surface area (Å²) in [5.41, 5.74) is 8.05. The summed E-state index contributed by atoms with van der Waals surface area (Å²) in [6.45, 7) is 2.84. The van der Waals surface area contributed by atoms with E-state index in [2.05, 4.69) is 10.6 Å². The number of aliphatic hydroxyl groups excluding tert-OH is 4. The normalized spacial score (nSPS) is 31.3. The molecule has 1 aromatic heterocycles. The van der Waals surface area contributed by atoms with Gasteiger partial charge in [-0.3, -0.25) is 9.59 Å². The molecule has 388 valence electrons. The third-order valence-electron chi connectivity index (χ3n) is 16.9. The third-order valence-corrected chi connectivity index (χ3v) is 19.7. The van der Waals surface area contributed by atoms with Crippen molar-refractivity contribution in [3.05, 3.63) is 134 Å². The number of nitrogens with zero attached hydrogens (tertiary/aromatic N) is 1. The van der Waals surface area contributed by atoms with Gasteiger partial charge in [0.05, 0.1) is 43.0 Å². The second-order valence-electron chi connectivity index (χ2n) is 21.0. The van der Waals surface area contributed by atoms with Gasteiger partial charge >= 0.3 is 11.6 Å². The number of aliphatic hydroxyl groups is 4. The van der Waals surface area contributed by atoms with Crippen molar-refractivity contribution in [1.29, 1.82) is 0 Å². The number of hydrogen-bond acceptors (Lipinski definition) is 16. The van der Waals surface area contributed by atoms with Gasteiger partial charge in [-0.15, -0.1) is 0 Å². The Morgan fingerprint density at radius 3 is 2.66 bits per heavy atom. The minimum absolute atomic E-state index is 0.0381. The number of carbonyl (C=O) groups excluding carboxylic acids is 3. The summed E-state index contributed by atoms with van der Waals surface area (Å²) in [6, 6.07) is 14.7. The average molecular weight is 1040 g/mol. The fraction of sp³-hybridized carbons (Fsp3) is 0.500. The second-order valence-corrected chi connectivity index (χ2v) is 23.6. The Morgan fingerprint density at radius 1 is 1.11 bits per heavy atom. The van der Waals surface area contributed by atoms with Crippen LogP contribution in [0.2, 0.25) is 0 Å². The maximum atomic E-state index is 15.1. The van der Waals surface area contributed by atoms with Crippen molar-refractivity contribution in [3.63, 3.8) is 0 Å². The van der Waals surface area contributed by atoms with Gasteiger partial charge in [-0.1, -0.05) is 75.7 Å². The third kappa shape index (κ3) is 9.20. The molecular formula is C56H66N4O11S2. The molecule has 7 aliphatic rings. The summed E-state index contributed by atoms with van der Waals surface area (Å²) < 4.78 is 20.2. The number of rotatable bonds is 14. The Balaban J connectivity index is 1.06. The molecular weight excluding hydrogens is 969 g/mol. The van der Waals surface area contributed by atoms with Crippen LogP contribution in [0.4, 0.5) is 0 Å². The number of dihydropyridines is 1. The van der Waals surface area contributed by atoms with Gasteiger partial charge in [0, 0.05) is 90.0 Å². The Labute approximate surface area is 432 Å². The molecule has 3 aliphatic carbocycles. The van der Waals surface area contributed by atoms with Crippen molar-refractivity contribution in [3.8, 4) is 5.75 Å². The first-order chi connectivity index (χ1) is 35.2. The lowest BCUT2D eigenvalue weighted by atomic mass is 9.57. The van der Waals surface area contributed by atoms with E-state index in [4.69, 9.17) is 19.6 Å². The first kappa shape index (κ1) is 51.4. The van der Waals surface area contributed by atoms with Crippen LogP contribution in [0.3, 0.4) is 0 Å². The number of ketones is 1. The SMILES string of the molecule is C/C=C(\CCO)C(=O)O[C@]1(C)[C@@H](CO)C=C2CSS[C@H]3C[C@@H]4C(=O)C=C[C@H]5[C@@H]([C@@H]4NC)[C@@H]3N5C(=O)CC3=C(C=C(N)NC3)[C@H]2[C@]12Cc1cc3cc(C[C@H](CO)CC[C@H](O)Cc4ccccc4)c(=O)oc3cc1O2. The summed E-state index contributed by atoms with van der Waals surface area (Å²) in [7, 11) is 5.22. The number of fused-ring (bicyclic) bond motifs is 7. The van der Waals surface area contributed by atoms with E-state index in [1.807, 2.05) is 66.6 Å². The molecule has 4 aliphatic heterocycles. The second kappa shape index (κ2) is 20.9. The number of hydrogen-bond donors (Lipinski definition) is 7. The largest absolute Gasteiger partial charge is 0.481 e. The Hall–Kier alpha value is -5.14. The van der Waals surface area contributed by atoms with Crippen molar-refractivity contribution in [1.82, 2.24) is 15.5 Å². The molecule has 1 spiro atoms. The van der Waals surface area contributed by atoms with E-state index < -0.39 is 47.3 Å². The highest BCUT2D eigenvalue weighted by atomic mass is 33.1. The van der Waals surface area contributed by atoms with Crippen LogP contribution in [-0.2, 0) is 38.4 Å². The van der Waals surface area contributed by atoms with E-state index in [0.717, 1.165) is 27.8 Å². The smallest absolute Gasteiger partial charge is 0.339 e. The molecule has 2 aromatic carbocycles. The van der Waals surface area contributed by atoms with Crippen LogP contribution in [0.1, 0.15) is 62.6 Å². The number of nitrogens with one attached hydrogen (secondary N) is 2. The van der Waals surface area contributed by atoms with Crippen LogP contribution in [0.25, 0.3) is 11.0 Å². The van der Waals surface area contributed by atoms with Crippen LogP contribution < -0.4 is 26.7 Å². The van der Waals surface area contributed by atoms with E-state index in [1.165, 1.54) is 0 Å². The van der Waals surface area contributed by atoms with Crippen LogP contribution in [-0.4, -0.2) is 123 Å². The molecule has 17 heteroatoms. The summed E-state index contributed by atoms with van der Waals surface area (Å²) >= 11 is 0. The van der Waals surface area contributed by atoms with Gasteiger partial charge < -0.3 is 55.6 Å². The predicted molar refractivity (Wildman–Crippen MR) is 280 cm³/mol. The first-order valence-corrected chi connectivity index (χ1v) is 28.0. The standard InChI is InChI=1S/C56H66N4O11S2/c1-4-32(14-15-61)54(68)71-55(2)38(28-63)20-37-29-72-73-46-22-41-43(65)13-12-42-49(51(41)58-3)52(46)60(42)48(66)21-36-26-59-47(57)23-40(36)50(37)56(55)25-35-19-33-18-34(53(67)69-44(33)24-45(35)70-56)16-31(27-62)10-11-39(64)17-30-8-6-5-7-9-30/h4-9,12-13,18-20,23-24,31,38-39,41-42,46,49-52,58-59,61-64H,10-11,14-17,21-22,25-29,57H2,1-3H3/b32-4+/t31-,38-,39+,41-,42+,46+,49+,50+,51-,52-,55-,56-/m1/s1. The van der Waals surface area contributed by atoms with E-state index in [0.29, 0.717) is 54.0 Å². The number of benzene rings is 2. The van der Waals surface area contributed by atoms with Gasteiger partial charge in [0.1, 0.15) is 11.3 Å². The summed E-state index contributed by atoms with van der Waals surface area (Å²) in [4.78, 5) is 58.9. The quantitative estimate of drug-likeness (QED) is 0.0385. The molecule has 2 bridgehead atoms. The number of carbonyl (C=O) groups is 3. The van der Waals surface area contributed by atoms with Gasteiger partial charge in [0.2, 0.25) is 5.91 Å². The molecule has 0 unspecified atom stereocenters. The highest BCUT2D eigenvalue weighted by molar-refractivity contribution is 8.77. The molecule has 1 saturated heterocycles. The van der Waals surface area contributed by atoms with Gasteiger partial charge in [0.15, 0.2) is 17.0 Å². The Kier molecular flexibility index (Phi) is 14.7. The van der Waals surface area contributed by atoms with Crippen molar-refractivity contribution >= 4 is 50.2 Å². The molecule has 73 heavy (non-hydrogen) atoms. The van der Waals surface area contributed by atoms with E-state index in [-0.39, 0.29) is 109 Å². The van der Waals surface area contributed by atoms with Crippen molar-refractivity contribution in [2.24, 2.45) is 35.3 Å². The fourth-order valence-corrected chi connectivity index (χ4v) is 16.3. The lowest BCUT2D eigenvalue weighted by molar-refractivity contribution is -0.202. The zero-order valence-electron chi connectivity index (χ0n) is 41.5. The number of nitrogens with two attached hydrogens (primary N) is 1. The zero-order valence-corrected chi connectivity index (χ0v) is 43.1. The number of ether oxygens (including phenoxy) is 2. The van der Waals surface area contributed by atoms with E-state index in [1.54, 1.807) is 59.7 Å². The van der Waals surface area contributed by atoms with Gasteiger partial charge in [-0.05, 0) is 105 Å². The lowest BCUT2D eigenvalue weighted by Crippen LogP contribution is -2.75. The monoisotopic (exact) mass is 1030 g/mol. The molecule has 10 rings (SSSR count). The number of allylic oxidation sites excluding steroid dienone is 3. The van der Waals surface area contributed by atoms with E-state index in [9.17, 15) is 34.8 Å². The molecule has 8 N–H and O–H groups in total. The fourth-order valence-electron chi connectivity index (χ4n) is 13.2. The van der Waals surface area contributed by atoms with Crippen LogP contribution in [0, 0.1) is 29.6 Å². The molecule has 2 fully saturated rings. The van der Waals surface area contributed by atoms with Crippen molar-refractivity contribution in [2.45, 2.75) is 106 Å². The molecule has 1 saturated carbocycles.